The van der Waals surface area contributed by atoms with Gasteiger partial charge in [0.1, 0.15) is 11.6 Å². The van der Waals surface area contributed by atoms with Crippen LogP contribution in [0.2, 0.25) is 5.02 Å². The first-order chi connectivity index (χ1) is 16.0. The molecule has 0 saturated carbocycles. The molecular weight excluding hydrogens is 457 g/mol. The Morgan fingerprint density at radius 2 is 1.94 bits per heavy atom. The van der Waals surface area contributed by atoms with Gasteiger partial charge in [-0.2, -0.15) is 0 Å². The summed E-state index contributed by atoms with van der Waals surface area (Å²) in [6.07, 6.45) is -0.348. The molecule has 5 rings (SSSR count). The first-order valence-corrected chi connectivity index (χ1v) is 11.6. The second kappa shape index (κ2) is 9.25. The molecule has 1 amide bonds. The minimum atomic E-state index is -0.606. The van der Waals surface area contributed by atoms with Crippen molar-refractivity contribution < 1.29 is 32.7 Å². The first kappa shape index (κ1) is 22.6. The Hall–Kier alpha value is -2.14. The van der Waals surface area contributed by atoms with Crippen LogP contribution in [-0.4, -0.2) is 69.1 Å². The quantitative estimate of drug-likeness (QED) is 0.603. The number of ether oxygens (including phenoxy) is 4. The van der Waals surface area contributed by atoms with Gasteiger partial charge in [0.15, 0.2) is 17.7 Å². The van der Waals surface area contributed by atoms with Gasteiger partial charge in [-0.3, -0.25) is 9.29 Å². The van der Waals surface area contributed by atoms with E-state index in [1.54, 1.807) is 0 Å². The minimum absolute atomic E-state index is 0.0136. The standard InChI is InChI=1S/C22H27ClFN3O6/c1-12-9-26(10-13(2)32-12)18-15(21-29-6-7-30-21)8-16-19(17(18)23)33-25-20(16)27-14(4-3-5-24)11-31-22(27)28/h8,12-14,21H,3-7,9-11H2,1-2H3. The molecule has 4 heterocycles. The molecule has 3 fully saturated rings. The van der Waals surface area contributed by atoms with Crippen LogP contribution >= 0.6 is 11.6 Å². The molecule has 0 bridgehead atoms. The van der Waals surface area contributed by atoms with Crippen LogP contribution in [0.3, 0.4) is 0 Å². The number of benzene rings is 1. The number of amides is 1. The van der Waals surface area contributed by atoms with Crippen LogP contribution in [0.25, 0.3) is 11.0 Å². The highest BCUT2D eigenvalue weighted by Crippen LogP contribution is 2.45. The largest absolute Gasteiger partial charge is 0.447 e. The number of carbonyl (C=O) groups excluding carboxylic acids is 1. The first-order valence-electron chi connectivity index (χ1n) is 11.2. The van der Waals surface area contributed by atoms with Crippen molar-refractivity contribution in [1.29, 1.82) is 0 Å². The summed E-state index contributed by atoms with van der Waals surface area (Å²) in [5, 5.41) is 5.10. The second-order valence-electron chi connectivity index (χ2n) is 8.68. The Morgan fingerprint density at radius 1 is 1.21 bits per heavy atom. The average Bonchev–Trinajstić information content (AvgIpc) is 3.51. The van der Waals surface area contributed by atoms with Gasteiger partial charge in [0, 0.05) is 18.7 Å². The Morgan fingerprint density at radius 3 is 2.64 bits per heavy atom. The zero-order valence-electron chi connectivity index (χ0n) is 18.6. The topological polar surface area (TPSA) is 86.5 Å². The van der Waals surface area contributed by atoms with Crippen LogP contribution < -0.4 is 9.80 Å². The predicted octanol–water partition coefficient (Wildman–Crippen LogP) is 4.22. The van der Waals surface area contributed by atoms with Crippen molar-refractivity contribution in [2.45, 2.75) is 51.2 Å². The molecule has 1 aromatic carbocycles. The lowest BCUT2D eigenvalue weighted by atomic mass is 10.1. The summed E-state index contributed by atoms with van der Waals surface area (Å²) in [5.41, 5.74) is 1.85. The number of aromatic nitrogens is 1. The summed E-state index contributed by atoms with van der Waals surface area (Å²) in [5.74, 6) is 0.299. The molecule has 11 heteroatoms. The number of nitrogens with zero attached hydrogens (tertiary/aromatic N) is 3. The number of hydrogen-bond acceptors (Lipinski definition) is 8. The van der Waals surface area contributed by atoms with Crippen LogP contribution in [-0.2, 0) is 18.9 Å². The van der Waals surface area contributed by atoms with Gasteiger partial charge in [-0.1, -0.05) is 16.8 Å². The lowest BCUT2D eigenvalue weighted by molar-refractivity contribution is -0.0443. The van der Waals surface area contributed by atoms with Crippen LogP contribution in [0.1, 0.15) is 38.5 Å². The van der Waals surface area contributed by atoms with Crippen LogP contribution in [0.15, 0.2) is 10.6 Å². The molecule has 0 aliphatic carbocycles. The van der Waals surface area contributed by atoms with Crippen molar-refractivity contribution in [1.82, 2.24) is 5.16 Å². The summed E-state index contributed by atoms with van der Waals surface area (Å²) >= 11 is 6.92. The normalized spacial score (nSPS) is 26.5. The Labute approximate surface area is 195 Å². The number of halogens is 2. The van der Waals surface area contributed by atoms with E-state index < -0.39 is 19.1 Å². The summed E-state index contributed by atoms with van der Waals surface area (Å²) in [6.45, 7) is 5.95. The van der Waals surface area contributed by atoms with Gasteiger partial charge in [-0.25, -0.2) is 4.79 Å². The molecule has 33 heavy (non-hydrogen) atoms. The molecule has 2 aromatic rings. The third-order valence-corrected chi connectivity index (χ3v) is 6.51. The number of alkyl halides is 1. The maximum absolute atomic E-state index is 12.8. The number of hydrogen-bond donors (Lipinski definition) is 0. The number of rotatable bonds is 6. The fraction of sp³-hybridized carbons (Fsp3) is 0.636. The summed E-state index contributed by atoms with van der Waals surface area (Å²) in [6, 6.07) is 1.53. The van der Waals surface area contributed by atoms with Crippen molar-refractivity contribution in [3.63, 3.8) is 0 Å². The van der Waals surface area contributed by atoms with Gasteiger partial charge < -0.3 is 28.4 Å². The molecule has 9 nitrogen and oxygen atoms in total. The molecule has 3 saturated heterocycles. The van der Waals surface area contributed by atoms with Crippen molar-refractivity contribution in [3.8, 4) is 0 Å². The lowest BCUT2D eigenvalue weighted by Crippen LogP contribution is -2.46. The van der Waals surface area contributed by atoms with Crippen molar-refractivity contribution in [2.24, 2.45) is 0 Å². The molecule has 0 radical (unpaired) electrons. The van der Waals surface area contributed by atoms with Gasteiger partial charge in [0.25, 0.3) is 0 Å². The molecule has 1 aromatic heterocycles. The second-order valence-corrected chi connectivity index (χ2v) is 9.06. The van der Waals surface area contributed by atoms with Crippen LogP contribution in [0, 0.1) is 0 Å². The maximum atomic E-state index is 12.8. The third kappa shape index (κ3) is 4.14. The van der Waals surface area contributed by atoms with Gasteiger partial charge in [-0.15, -0.1) is 0 Å². The van der Waals surface area contributed by atoms with E-state index in [-0.39, 0.29) is 24.9 Å². The van der Waals surface area contributed by atoms with E-state index in [9.17, 15) is 9.18 Å². The summed E-state index contributed by atoms with van der Waals surface area (Å²) in [7, 11) is 0. The molecule has 0 N–H and O–H groups in total. The molecule has 3 atom stereocenters. The summed E-state index contributed by atoms with van der Waals surface area (Å²) in [4.78, 5) is 16.1. The van der Waals surface area contributed by atoms with Gasteiger partial charge in [-0.05, 0) is 32.8 Å². The zero-order valence-corrected chi connectivity index (χ0v) is 19.3. The Kier molecular flexibility index (Phi) is 6.34. The Balaban J connectivity index is 1.62. The van der Waals surface area contributed by atoms with E-state index in [0.717, 1.165) is 11.3 Å². The number of anilines is 2. The highest BCUT2D eigenvalue weighted by atomic mass is 35.5. The molecular formula is C22H27ClFN3O6. The number of carbonyl (C=O) groups is 1. The molecule has 0 spiro atoms. The molecule has 180 valence electrons. The third-order valence-electron chi connectivity index (χ3n) is 6.16. The average molecular weight is 484 g/mol. The van der Waals surface area contributed by atoms with E-state index in [4.69, 9.17) is 35.1 Å². The number of cyclic esters (lactones) is 1. The van der Waals surface area contributed by atoms with E-state index in [0.29, 0.717) is 61.0 Å². The molecule has 3 aliphatic heterocycles. The van der Waals surface area contributed by atoms with E-state index in [1.165, 1.54) is 4.90 Å². The van der Waals surface area contributed by atoms with Gasteiger partial charge in [0.2, 0.25) is 0 Å². The lowest BCUT2D eigenvalue weighted by Gasteiger charge is -2.38. The highest BCUT2D eigenvalue weighted by molar-refractivity contribution is 6.38. The zero-order chi connectivity index (χ0) is 23.1. The SMILES string of the molecule is CC1CN(c2c(C3OCCO3)cc3c(N4C(=O)OCC4CCCF)noc3c2Cl)CC(C)O1. The Bertz CT molecular complexity index is 1020. The van der Waals surface area contributed by atoms with Crippen molar-refractivity contribution in [2.75, 3.05) is 49.4 Å². The van der Waals surface area contributed by atoms with Crippen LogP contribution in [0.5, 0.6) is 0 Å². The molecule has 3 unspecified atom stereocenters. The van der Waals surface area contributed by atoms with Crippen molar-refractivity contribution in [3.05, 3.63) is 16.7 Å². The molecule has 3 aliphatic rings. The summed E-state index contributed by atoms with van der Waals surface area (Å²) < 4.78 is 41.2. The smallest absolute Gasteiger partial charge is 0.416 e. The predicted molar refractivity (Wildman–Crippen MR) is 119 cm³/mol. The fourth-order valence-electron chi connectivity index (χ4n) is 4.85. The van der Waals surface area contributed by atoms with E-state index in [2.05, 4.69) is 10.1 Å². The van der Waals surface area contributed by atoms with Crippen LogP contribution in [0.4, 0.5) is 20.7 Å². The number of morpholine rings is 1. The van der Waals surface area contributed by atoms with Crippen molar-refractivity contribution >= 4 is 40.2 Å². The van der Waals surface area contributed by atoms with Gasteiger partial charge >= 0.3 is 6.09 Å². The minimum Gasteiger partial charge on any atom is -0.447 e. The van der Waals surface area contributed by atoms with E-state index in [1.807, 2.05) is 19.9 Å². The fourth-order valence-corrected chi connectivity index (χ4v) is 5.22. The van der Waals surface area contributed by atoms with Gasteiger partial charge in [0.05, 0.1) is 49.2 Å². The highest BCUT2D eigenvalue weighted by Gasteiger charge is 2.39. The maximum Gasteiger partial charge on any atom is 0.416 e. The monoisotopic (exact) mass is 483 g/mol. The van der Waals surface area contributed by atoms with E-state index >= 15 is 0 Å². The number of fused-ring (bicyclic) bond motifs is 1.